The molecule has 0 atom stereocenters. The largest absolute Gasteiger partial charge is 0.343 e. The zero-order valence-corrected chi connectivity index (χ0v) is 17.5. The SMILES string of the molecule is C=C/C=C\C(=C/C)Sn1cc(C2=CC[NH2+]CC2)c2cc(-c3ccccn3)ccc21. The van der Waals surface area contributed by atoms with E-state index in [1.807, 2.05) is 30.5 Å². The number of fused-ring (bicyclic) bond motifs is 1. The number of hydrogen-bond acceptors (Lipinski definition) is 2. The molecule has 0 unspecified atom stereocenters. The van der Waals surface area contributed by atoms with Crippen LogP contribution in [0.1, 0.15) is 18.9 Å². The normalized spacial score (nSPS) is 15.1. The number of pyridine rings is 1. The summed E-state index contributed by atoms with van der Waals surface area (Å²) in [5.41, 5.74) is 6.17. The minimum absolute atomic E-state index is 1.01. The lowest BCUT2D eigenvalue weighted by atomic mass is 9.98. The molecule has 0 saturated heterocycles. The third-order valence-electron chi connectivity index (χ3n) is 5.11. The fraction of sp³-hybridized carbons (Fsp3) is 0.160. The summed E-state index contributed by atoms with van der Waals surface area (Å²) >= 11 is 1.74. The van der Waals surface area contributed by atoms with Gasteiger partial charge in [-0.05, 0) is 60.9 Å². The highest BCUT2D eigenvalue weighted by Crippen LogP contribution is 2.36. The summed E-state index contributed by atoms with van der Waals surface area (Å²) in [6.07, 6.45) is 15.6. The van der Waals surface area contributed by atoms with Gasteiger partial charge in [-0.15, -0.1) is 0 Å². The molecule has 3 aromatic rings. The summed E-state index contributed by atoms with van der Waals surface area (Å²) in [5.74, 6) is 0. The number of allylic oxidation sites excluding steroid dienone is 4. The maximum atomic E-state index is 4.54. The zero-order chi connectivity index (χ0) is 20.1. The van der Waals surface area contributed by atoms with Crippen LogP contribution in [0.15, 0.2) is 90.7 Å². The molecule has 2 aromatic heterocycles. The van der Waals surface area contributed by atoms with E-state index in [0.29, 0.717) is 0 Å². The number of hydrogen-bond donors (Lipinski definition) is 1. The summed E-state index contributed by atoms with van der Waals surface area (Å²) in [6.45, 7) is 8.05. The van der Waals surface area contributed by atoms with Crippen molar-refractivity contribution in [2.45, 2.75) is 13.3 Å². The fourth-order valence-electron chi connectivity index (χ4n) is 3.63. The second-order valence-corrected chi connectivity index (χ2v) is 8.03. The van der Waals surface area contributed by atoms with Gasteiger partial charge in [0.25, 0.3) is 0 Å². The first kappa shape index (κ1) is 19.5. The summed E-state index contributed by atoms with van der Waals surface area (Å²) in [5, 5.41) is 3.64. The Morgan fingerprint density at radius 3 is 2.93 bits per heavy atom. The lowest BCUT2D eigenvalue weighted by Gasteiger charge is -2.11. The fourth-order valence-corrected chi connectivity index (χ4v) is 4.52. The van der Waals surface area contributed by atoms with Crippen molar-refractivity contribution in [3.8, 4) is 11.3 Å². The van der Waals surface area contributed by atoms with Crippen LogP contribution in [-0.4, -0.2) is 22.0 Å². The molecule has 4 rings (SSSR count). The van der Waals surface area contributed by atoms with Crippen LogP contribution in [0, 0.1) is 0 Å². The Morgan fingerprint density at radius 1 is 1.28 bits per heavy atom. The van der Waals surface area contributed by atoms with Crippen molar-refractivity contribution in [1.29, 1.82) is 0 Å². The highest BCUT2D eigenvalue weighted by atomic mass is 32.2. The molecule has 0 amide bonds. The molecule has 3 nitrogen and oxygen atoms in total. The Hall–Kier alpha value is -2.82. The quantitative estimate of drug-likeness (QED) is 0.578. The van der Waals surface area contributed by atoms with E-state index in [-0.39, 0.29) is 0 Å². The maximum Gasteiger partial charge on any atom is 0.0948 e. The van der Waals surface area contributed by atoms with E-state index < -0.39 is 0 Å². The van der Waals surface area contributed by atoms with Gasteiger partial charge in [0.2, 0.25) is 0 Å². The van der Waals surface area contributed by atoms with Crippen LogP contribution in [0.4, 0.5) is 0 Å². The molecule has 29 heavy (non-hydrogen) atoms. The van der Waals surface area contributed by atoms with Crippen LogP contribution in [0.25, 0.3) is 27.7 Å². The molecule has 1 aromatic carbocycles. The Balaban J connectivity index is 1.83. The number of benzene rings is 1. The first-order valence-corrected chi connectivity index (χ1v) is 10.8. The topological polar surface area (TPSA) is 34.4 Å². The average Bonchev–Trinajstić information content (AvgIpc) is 3.15. The summed E-state index contributed by atoms with van der Waals surface area (Å²) < 4.78 is 2.29. The second-order valence-electron chi connectivity index (χ2n) is 6.99. The molecule has 0 spiro atoms. The van der Waals surface area contributed by atoms with Gasteiger partial charge in [-0.3, -0.25) is 8.96 Å². The van der Waals surface area contributed by atoms with Gasteiger partial charge in [0.15, 0.2) is 0 Å². The lowest BCUT2D eigenvalue weighted by molar-refractivity contribution is -0.646. The van der Waals surface area contributed by atoms with Crippen molar-refractivity contribution in [2.24, 2.45) is 0 Å². The van der Waals surface area contributed by atoms with Gasteiger partial charge in [0.05, 0.1) is 24.3 Å². The van der Waals surface area contributed by atoms with Gasteiger partial charge in [-0.1, -0.05) is 36.9 Å². The van der Waals surface area contributed by atoms with E-state index in [1.54, 1.807) is 11.9 Å². The van der Waals surface area contributed by atoms with E-state index >= 15 is 0 Å². The predicted octanol–water partition coefficient (Wildman–Crippen LogP) is 5.20. The Morgan fingerprint density at radius 2 is 2.21 bits per heavy atom. The van der Waals surface area contributed by atoms with E-state index in [0.717, 1.165) is 30.8 Å². The smallest absolute Gasteiger partial charge is 0.0948 e. The molecular formula is C25H26N3S+. The predicted molar refractivity (Wildman–Crippen MR) is 126 cm³/mol. The van der Waals surface area contributed by atoms with Gasteiger partial charge in [-0.2, -0.15) is 0 Å². The molecule has 2 N–H and O–H groups in total. The standard InChI is InChI=1S/C25H25N3S/c1-3-5-8-21(4-2)29-28-18-23(19-12-15-26-16-13-19)22-17-20(10-11-25(22)28)24-9-6-7-14-27-24/h3-12,14,17-18,26H,1,13,15-16H2,2H3/p+1/b8-5-,21-4+. The molecule has 4 heteroatoms. The van der Waals surface area contributed by atoms with Crippen LogP contribution in [0.2, 0.25) is 0 Å². The van der Waals surface area contributed by atoms with E-state index in [4.69, 9.17) is 0 Å². The van der Waals surface area contributed by atoms with Crippen molar-refractivity contribution in [3.63, 3.8) is 0 Å². The third kappa shape index (κ3) is 4.29. The van der Waals surface area contributed by atoms with Crippen molar-refractivity contribution < 1.29 is 5.32 Å². The van der Waals surface area contributed by atoms with Gasteiger partial charge in [0.1, 0.15) is 0 Å². The van der Waals surface area contributed by atoms with Gasteiger partial charge in [0, 0.05) is 40.2 Å². The molecule has 146 valence electrons. The van der Waals surface area contributed by atoms with Crippen molar-refractivity contribution in [2.75, 3.05) is 13.1 Å². The van der Waals surface area contributed by atoms with Crippen LogP contribution < -0.4 is 5.32 Å². The van der Waals surface area contributed by atoms with Gasteiger partial charge < -0.3 is 5.32 Å². The van der Waals surface area contributed by atoms with Crippen LogP contribution in [0.5, 0.6) is 0 Å². The Bertz CT molecular complexity index is 1100. The molecule has 0 fully saturated rings. The summed E-state index contributed by atoms with van der Waals surface area (Å²) in [4.78, 5) is 5.73. The van der Waals surface area contributed by atoms with E-state index in [9.17, 15) is 0 Å². The molecule has 0 saturated carbocycles. The van der Waals surface area contributed by atoms with E-state index in [1.165, 1.54) is 26.9 Å². The van der Waals surface area contributed by atoms with Crippen LogP contribution in [0.3, 0.4) is 0 Å². The van der Waals surface area contributed by atoms with Gasteiger partial charge in [-0.25, -0.2) is 0 Å². The second kappa shape index (κ2) is 9.12. The minimum Gasteiger partial charge on any atom is -0.343 e. The highest BCUT2D eigenvalue weighted by molar-refractivity contribution is 8.02. The third-order valence-corrected chi connectivity index (χ3v) is 6.19. The number of rotatable bonds is 6. The maximum absolute atomic E-state index is 4.54. The van der Waals surface area contributed by atoms with Crippen molar-refractivity contribution in [3.05, 3.63) is 96.2 Å². The first-order chi connectivity index (χ1) is 14.3. The number of quaternary nitrogens is 1. The number of nitrogens with zero attached hydrogens (tertiary/aromatic N) is 2. The van der Waals surface area contributed by atoms with Crippen molar-refractivity contribution >= 4 is 28.4 Å². The Kier molecular flexibility index (Phi) is 6.13. The summed E-state index contributed by atoms with van der Waals surface area (Å²) in [6, 6.07) is 12.7. The summed E-state index contributed by atoms with van der Waals surface area (Å²) in [7, 11) is 0. The lowest BCUT2D eigenvalue weighted by Crippen LogP contribution is -2.84. The molecular weight excluding hydrogens is 374 g/mol. The highest BCUT2D eigenvalue weighted by Gasteiger charge is 2.17. The van der Waals surface area contributed by atoms with Crippen LogP contribution >= 0.6 is 11.9 Å². The number of aromatic nitrogens is 2. The Labute approximate surface area is 176 Å². The minimum atomic E-state index is 1.01. The molecule has 0 aliphatic carbocycles. The average molecular weight is 401 g/mol. The number of nitrogens with two attached hydrogens (primary N) is 1. The molecule has 3 heterocycles. The monoisotopic (exact) mass is 400 g/mol. The van der Waals surface area contributed by atoms with Crippen molar-refractivity contribution in [1.82, 2.24) is 8.96 Å². The van der Waals surface area contributed by atoms with E-state index in [2.05, 4.69) is 76.5 Å². The van der Waals surface area contributed by atoms with Crippen LogP contribution in [-0.2, 0) is 0 Å². The molecule has 1 aliphatic heterocycles. The molecule has 0 bridgehead atoms. The van der Waals surface area contributed by atoms with Gasteiger partial charge >= 0.3 is 0 Å². The molecule has 1 aliphatic rings. The first-order valence-electron chi connectivity index (χ1n) is 10.0. The molecule has 0 radical (unpaired) electrons. The zero-order valence-electron chi connectivity index (χ0n) is 16.7.